The molecule has 1 aromatic rings. The van der Waals surface area contributed by atoms with E-state index in [1.807, 2.05) is 10.9 Å². The van der Waals surface area contributed by atoms with E-state index >= 15 is 0 Å². The third kappa shape index (κ3) is 4.28. The van der Waals surface area contributed by atoms with Crippen molar-refractivity contribution in [2.75, 3.05) is 6.54 Å². The Morgan fingerprint density at radius 3 is 2.45 bits per heavy atom. The predicted molar refractivity (Wildman–Crippen MR) is 79.4 cm³/mol. The topological polar surface area (TPSA) is 63.0 Å². The van der Waals surface area contributed by atoms with Crippen LogP contribution < -0.4 is 5.32 Å². The molecule has 0 amide bonds. The summed E-state index contributed by atoms with van der Waals surface area (Å²) in [6.07, 6.45) is 8.58. The Bertz CT molecular complexity index is 414. The second kappa shape index (κ2) is 6.22. The van der Waals surface area contributed by atoms with Crippen molar-refractivity contribution < 1.29 is 5.11 Å². The lowest BCUT2D eigenvalue weighted by molar-refractivity contribution is 0.0250. The molecule has 1 aliphatic rings. The molecule has 0 spiro atoms. The molecule has 1 aromatic heterocycles. The maximum Gasteiger partial charge on any atom is 0.0965 e. The van der Waals surface area contributed by atoms with Gasteiger partial charge in [0, 0.05) is 13.1 Å². The second-order valence-corrected chi connectivity index (χ2v) is 7.07. The molecule has 20 heavy (non-hydrogen) atoms. The Kier molecular flexibility index (Phi) is 4.81. The van der Waals surface area contributed by atoms with E-state index in [1.54, 1.807) is 0 Å². The first-order chi connectivity index (χ1) is 9.39. The molecule has 1 aliphatic carbocycles. The van der Waals surface area contributed by atoms with E-state index in [1.165, 1.54) is 12.8 Å². The molecule has 1 saturated carbocycles. The minimum absolute atomic E-state index is 0.0370. The van der Waals surface area contributed by atoms with Gasteiger partial charge in [-0.25, -0.2) is 4.68 Å². The van der Waals surface area contributed by atoms with Crippen LogP contribution >= 0.6 is 0 Å². The van der Waals surface area contributed by atoms with E-state index in [-0.39, 0.29) is 5.54 Å². The van der Waals surface area contributed by atoms with E-state index in [0.717, 1.165) is 31.4 Å². The molecule has 0 aromatic carbocycles. The Labute approximate surface area is 121 Å². The molecule has 5 heteroatoms. The SMILES string of the molecule is CC(C)(C)n1cc(CNCC2(O)CCCCCC2)nn1. The molecule has 2 N–H and O–H groups in total. The zero-order valence-electron chi connectivity index (χ0n) is 13.0. The van der Waals surface area contributed by atoms with Crippen LogP contribution in [-0.2, 0) is 12.1 Å². The van der Waals surface area contributed by atoms with Crippen LogP contribution in [0.4, 0.5) is 0 Å². The summed E-state index contributed by atoms with van der Waals surface area (Å²) in [6, 6.07) is 0. The van der Waals surface area contributed by atoms with Crippen molar-refractivity contribution in [2.24, 2.45) is 0 Å². The van der Waals surface area contributed by atoms with E-state index in [9.17, 15) is 5.11 Å². The number of hydrogen-bond acceptors (Lipinski definition) is 4. The average molecular weight is 280 g/mol. The van der Waals surface area contributed by atoms with Crippen molar-refractivity contribution in [1.82, 2.24) is 20.3 Å². The smallest absolute Gasteiger partial charge is 0.0965 e. The van der Waals surface area contributed by atoms with E-state index in [4.69, 9.17) is 0 Å². The van der Waals surface area contributed by atoms with Crippen LogP contribution in [0.1, 0.15) is 65.0 Å². The third-order valence-electron chi connectivity index (χ3n) is 4.02. The lowest BCUT2D eigenvalue weighted by Crippen LogP contribution is -2.39. The third-order valence-corrected chi connectivity index (χ3v) is 4.02. The predicted octanol–water partition coefficient (Wildman–Crippen LogP) is 2.21. The van der Waals surface area contributed by atoms with Gasteiger partial charge in [-0.15, -0.1) is 5.10 Å². The van der Waals surface area contributed by atoms with Crippen molar-refractivity contribution >= 4 is 0 Å². The summed E-state index contributed by atoms with van der Waals surface area (Å²) in [5.41, 5.74) is 0.360. The fraction of sp³-hybridized carbons (Fsp3) is 0.867. The molecule has 0 radical (unpaired) electrons. The van der Waals surface area contributed by atoms with Crippen molar-refractivity contribution in [2.45, 2.75) is 77.0 Å². The second-order valence-electron chi connectivity index (χ2n) is 7.07. The van der Waals surface area contributed by atoms with Crippen LogP contribution in [0.3, 0.4) is 0 Å². The Hall–Kier alpha value is -0.940. The quantitative estimate of drug-likeness (QED) is 0.830. The summed E-state index contributed by atoms with van der Waals surface area (Å²) in [5, 5.41) is 22.2. The fourth-order valence-electron chi connectivity index (χ4n) is 2.69. The van der Waals surface area contributed by atoms with E-state index in [2.05, 4.69) is 36.4 Å². The van der Waals surface area contributed by atoms with Gasteiger partial charge in [-0.05, 0) is 33.6 Å². The molecule has 0 atom stereocenters. The first-order valence-corrected chi connectivity index (χ1v) is 7.74. The molecule has 2 rings (SSSR count). The molecular formula is C15H28N4O. The normalized spacial score (nSPS) is 19.8. The van der Waals surface area contributed by atoms with Gasteiger partial charge in [-0.3, -0.25) is 0 Å². The summed E-state index contributed by atoms with van der Waals surface area (Å²) < 4.78 is 1.88. The lowest BCUT2D eigenvalue weighted by Gasteiger charge is -2.26. The van der Waals surface area contributed by atoms with Gasteiger partial charge in [0.2, 0.25) is 0 Å². The Balaban J connectivity index is 1.82. The van der Waals surface area contributed by atoms with Crippen molar-refractivity contribution in [3.63, 3.8) is 0 Å². The highest BCUT2D eigenvalue weighted by atomic mass is 16.3. The highest BCUT2D eigenvalue weighted by Gasteiger charge is 2.27. The van der Waals surface area contributed by atoms with Gasteiger partial charge in [0.25, 0.3) is 0 Å². The molecular weight excluding hydrogens is 252 g/mol. The molecule has 1 heterocycles. The van der Waals surface area contributed by atoms with Gasteiger partial charge in [-0.1, -0.05) is 30.9 Å². The van der Waals surface area contributed by atoms with Crippen LogP contribution in [0.25, 0.3) is 0 Å². The van der Waals surface area contributed by atoms with Crippen LogP contribution in [0.2, 0.25) is 0 Å². The van der Waals surface area contributed by atoms with Gasteiger partial charge in [-0.2, -0.15) is 0 Å². The molecule has 5 nitrogen and oxygen atoms in total. The van der Waals surface area contributed by atoms with Crippen LogP contribution in [0.5, 0.6) is 0 Å². The molecule has 114 valence electrons. The lowest BCUT2D eigenvalue weighted by atomic mass is 9.94. The standard InChI is InChI=1S/C15H28N4O/c1-14(2,3)19-11-13(17-18-19)10-16-12-15(20)8-6-4-5-7-9-15/h11,16,20H,4-10,12H2,1-3H3. The number of rotatable bonds is 4. The highest BCUT2D eigenvalue weighted by Crippen LogP contribution is 2.26. The minimum Gasteiger partial charge on any atom is -0.389 e. The zero-order valence-corrected chi connectivity index (χ0v) is 13.0. The van der Waals surface area contributed by atoms with E-state index < -0.39 is 5.60 Å². The summed E-state index contributed by atoms with van der Waals surface area (Å²) in [4.78, 5) is 0. The van der Waals surface area contributed by atoms with Gasteiger partial charge >= 0.3 is 0 Å². The maximum atomic E-state index is 10.6. The number of hydrogen-bond donors (Lipinski definition) is 2. The van der Waals surface area contributed by atoms with Crippen LogP contribution in [-0.4, -0.2) is 32.2 Å². The largest absolute Gasteiger partial charge is 0.389 e. The fourth-order valence-corrected chi connectivity index (χ4v) is 2.69. The Morgan fingerprint density at radius 1 is 1.25 bits per heavy atom. The molecule has 0 aliphatic heterocycles. The minimum atomic E-state index is -0.531. The summed E-state index contributed by atoms with van der Waals surface area (Å²) in [5.74, 6) is 0. The number of nitrogens with zero attached hydrogens (tertiary/aromatic N) is 3. The van der Waals surface area contributed by atoms with Crippen molar-refractivity contribution in [3.05, 3.63) is 11.9 Å². The molecule has 0 bridgehead atoms. The van der Waals surface area contributed by atoms with Gasteiger partial charge < -0.3 is 10.4 Å². The average Bonchev–Trinajstić information content (AvgIpc) is 2.73. The molecule has 0 unspecified atom stereocenters. The summed E-state index contributed by atoms with van der Waals surface area (Å²) >= 11 is 0. The van der Waals surface area contributed by atoms with Crippen LogP contribution in [0, 0.1) is 0 Å². The number of aromatic nitrogens is 3. The monoisotopic (exact) mass is 280 g/mol. The first-order valence-electron chi connectivity index (χ1n) is 7.74. The molecule has 0 saturated heterocycles. The van der Waals surface area contributed by atoms with Crippen LogP contribution in [0.15, 0.2) is 6.20 Å². The van der Waals surface area contributed by atoms with E-state index in [0.29, 0.717) is 13.1 Å². The number of nitrogens with one attached hydrogen (secondary N) is 1. The van der Waals surface area contributed by atoms with Gasteiger partial charge in [0.15, 0.2) is 0 Å². The van der Waals surface area contributed by atoms with Gasteiger partial charge in [0.1, 0.15) is 0 Å². The molecule has 1 fully saturated rings. The number of aliphatic hydroxyl groups is 1. The maximum absolute atomic E-state index is 10.6. The summed E-state index contributed by atoms with van der Waals surface area (Å²) in [6.45, 7) is 7.63. The highest BCUT2D eigenvalue weighted by molar-refractivity contribution is 4.95. The van der Waals surface area contributed by atoms with Gasteiger partial charge in [0.05, 0.1) is 23.0 Å². The van der Waals surface area contributed by atoms with Crippen molar-refractivity contribution in [1.29, 1.82) is 0 Å². The zero-order chi connectivity index (χ0) is 14.6. The first kappa shape index (κ1) is 15.4. The van der Waals surface area contributed by atoms with Crippen molar-refractivity contribution in [3.8, 4) is 0 Å². The summed E-state index contributed by atoms with van der Waals surface area (Å²) in [7, 11) is 0. The Morgan fingerprint density at radius 2 is 1.90 bits per heavy atom.